The Balaban J connectivity index is 1.98. The van der Waals surface area contributed by atoms with Gasteiger partial charge in [-0.3, -0.25) is 0 Å². The van der Waals surface area contributed by atoms with Crippen LogP contribution in [0.2, 0.25) is 0 Å². The van der Waals surface area contributed by atoms with Crippen LogP contribution in [-0.2, 0) is 0 Å². The summed E-state index contributed by atoms with van der Waals surface area (Å²) >= 11 is 0. The average Bonchev–Trinajstić information content (AvgIpc) is 2.70. The maximum Gasteiger partial charge on any atom is 0.127 e. The van der Waals surface area contributed by atoms with Gasteiger partial charge >= 0.3 is 0 Å². The molecule has 0 aliphatic carbocycles. The zero-order valence-electron chi connectivity index (χ0n) is 10.7. The fraction of sp³-hybridized carbons (Fsp3) is 0.538. The highest BCUT2D eigenvalue weighted by Gasteiger charge is 2.22. The third kappa shape index (κ3) is 2.90. The molecule has 0 aromatic heterocycles. The predicted octanol–water partition coefficient (Wildman–Crippen LogP) is 1.28. The Morgan fingerprint density at radius 1 is 1.47 bits per heavy atom. The normalized spacial score (nSPS) is 18.0. The number of rotatable bonds is 5. The van der Waals surface area contributed by atoms with Crippen LogP contribution in [0, 0.1) is 0 Å². The van der Waals surface area contributed by atoms with E-state index in [1.54, 1.807) is 0 Å². The quantitative estimate of drug-likeness (QED) is 0.835. The first kappa shape index (κ1) is 12.2. The minimum absolute atomic E-state index is 0.306. The standard InChI is InChI=1S/C13H20N2O2/c1-14-12-9-17-13-8-10(4-5-11(12)13)16-7-6-15(2)3/h4-5,8,12,14H,6-7,9H2,1-3H3. The average molecular weight is 236 g/mol. The van der Waals surface area contributed by atoms with E-state index in [-0.39, 0.29) is 0 Å². The van der Waals surface area contributed by atoms with Crippen molar-refractivity contribution in [3.63, 3.8) is 0 Å². The van der Waals surface area contributed by atoms with Crippen molar-refractivity contribution in [3.05, 3.63) is 23.8 Å². The summed E-state index contributed by atoms with van der Waals surface area (Å²) in [5, 5.41) is 3.23. The first-order valence-corrected chi connectivity index (χ1v) is 5.92. The van der Waals surface area contributed by atoms with Crippen LogP contribution >= 0.6 is 0 Å². The van der Waals surface area contributed by atoms with E-state index in [1.807, 2.05) is 33.3 Å². The van der Waals surface area contributed by atoms with Crippen LogP contribution in [0.1, 0.15) is 11.6 Å². The van der Waals surface area contributed by atoms with Crippen molar-refractivity contribution in [3.8, 4) is 11.5 Å². The predicted molar refractivity (Wildman–Crippen MR) is 67.8 cm³/mol. The van der Waals surface area contributed by atoms with Gasteiger partial charge < -0.3 is 19.7 Å². The van der Waals surface area contributed by atoms with Crippen LogP contribution in [0.25, 0.3) is 0 Å². The molecule has 0 radical (unpaired) electrons. The number of ether oxygens (including phenoxy) is 2. The molecule has 4 heteroatoms. The Labute approximate surface area is 103 Å². The van der Waals surface area contributed by atoms with Gasteiger partial charge in [-0.05, 0) is 33.3 Å². The fourth-order valence-electron chi connectivity index (χ4n) is 1.87. The molecule has 0 amide bonds. The second-order valence-corrected chi connectivity index (χ2v) is 4.50. The van der Waals surface area contributed by atoms with Crippen molar-refractivity contribution < 1.29 is 9.47 Å². The topological polar surface area (TPSA) is 33.7 Å². The zero-order chi connectivity index (χ0) is 12.3. The third-order valence-corrected chi connectivity index (χ3v) is 2.92. The summed E-state index contributed by atoms with van der Waals surface area (Å²) in [5.74, 6) is 1.81. The van der Waals surface area contributed by atoms with Crippen molar-refractivity contribution in [2.45, 2.75) is 6.04 Å². The summed E-state index contributed by atoms with van der Waals surface area (Å²) in [6, 6.07) is 6.37. The molecule has 1 atom stereocenters. The molecule has 1 aromatic rings. The van der Waals surface area contributed by atoms with Crippen LogP contribution < -0.4 is 14.8 Å². The Morgan fingerprint density at radius 2 is 2.29 bits per heavy atom. The Bertz CT molecular complexity index is 380. The van der Waals surface area contributed by atoms with Crippen molar-refractivity contribution in [1.82, 2.24) is 10.2 Å². The van der Waals surface area contributed by atoms with E-state index in [2.05, 4.69) is 16.3 Å². The van der Waals surface area contributed by atoms with E-state index < -0.39 is 0 Å². The molecule has 0 bridgehead atoms. The Morgan fingerprint density at radius 3 is 3.00 bits per heavy atom. The van der Waals surface area contributed by atoms with E-state index in [9.17, 15) is 0 Å². The van der Waals surface area contributed by atoms with Crippen LogP contribution in [0.15, 0.2) is 18.2 Å². The minimum atomic E-state index is 0.306. The fourth-order valence-corrected chi connectivity index (χ4v) is 1.87. The number of hydrogen-bond acceptors (Lipinski definition) is 4. The van der Waals surface area contributed by atoms with Gasteiger partial charge in [0.25, 0.3) is 0 Å². The largest absolute Gasteiger partial charge is 0.492 e. The second-order valence-electron chi connectivity index (χ2n) is 4.50. The van der Waals surface area contributed by atoms with Gasteiger partial charge in [0.05, 0.1) is 6.04 Å². The van der Waals surface area contributed by atoms with Crippen molar-refractivity contribution in [1.29, 1.82) is 0 Å². The lowest BCUT2D eigenvalue weighted by Crippen LogP contribution is -2.19. The number of hydrogen-bond donors (Lipinski definition) is 1. The maximum absolute atomic E-state index is 5.67. The van der Waals surface area contributed by atoms with E-state index in [1.165, 1.54) is 5.56 Å². The summed E-state index contributed by atoms with van der Waals surface area (Å²) in [7, 11) is 6.02. The molecule has 0 saturated carbocycles. The van der Waals surface area contributed by atoms with Gasteiger partial charge in [0, 0.05) is 18.2 Å². The Hall–Kier alpha value is -1.26. The third-order valence-electron chi connectivity index (χ3n) is 2.92. The first-order chi connectivity index (χ1) is 8.20. The van der Waals surface area contributed by atoms with E-state index in [0.717, 1.165) is 18.0 Å². The summed E-state index contributed by atoms with van der Waals surface area (Å²) in [6.07, 6.45) is 0. The van der Waals surface area contributed by atoms with Crippen LogP contribution in [0.3, 0.4) is 0 Å². The molecule has 4 nitrogen and oxygen atoms in total. The molecule has 94 valence electrons. The lowest BCUT2D eigenvalue weighted by atomic mass is 10.1. The molecule has 0 fully saturated rings. The smallest absolute Gasteiger partial charge is 0.127 e. The highest BCUT2D eigenvalue weighted by atomic mass is 16.5. The molecular weight excluding hydrogens is 216 g/mol. The molecule has 0 spiro atoms. The second kappa shape index (κ2) is 5.38. The zero-order valence-corrected chi connectivity index (χ0v) is 10.7. The number of likely N-dealkylation sites (N-methyl/N-ethyl adjacent to an activating group) is 2. The molecule has 0 saturated heterocycles. The van der Waals surface area contributed by atoms with Gasteiger partial charge in [0.1, 0.15) is 24.7 Å². The monoisotopic (exact) mass is 236 g/mol. The maximum atomic E-state index is 5.67. The summed E-state index contributed by atoms with van der Waals surface area (Å²) < 4.78 is 11.3. The number of fused-ring (bicyclic) bond motifs is 1. The van der Waals surface area contributed by atoms with Crippen LogP contribution in [-0.4, -0.2) is 45.8 Å². The lowest BCUT2D eigenvalue weighted by molar-refractivity contribution is 0.260. The molecule has 1 aliphatic heterocycles. The van der Waals surface area contributed by atoms with Gasteiger partial charge in [-0.25, -0.2) is 0 Å². The summed E-state index contributed by atoms with van der Waals surface area (Å²) in [6.45, 7) is 2.31. The van der Waals surface area contributed by atoms with E-state index in [0.29, 0.717) is 19.3 Å². The molecule has 1 unspecified atom stereocenters. The number of nitrogens with one attached hydrogen (secondary N) is 1. The van der Waals surface area contributed by atoms with E-state index in [4.69, 9.17) is 9.47 Å². The van der Waals surface area contributed by atoms with Crippen molar-refractivity contribution in [2.24, 2.45) is 0 Å². The summed E-state index contributed by atoms with van der Waals surface area (Å²) in [4.78, 5) is 2.10. The molecule has 1 N–H and O–H groups in total. The van der Waals surface area contributed by atoms with E-state index >= 15 is 0 Å². The summed E-state index contributed by atoms with van der Waals surface area (Å²) in [5.41, 5.74) is 1.22. The minimum Gasteiger partial charge on any atom is -0.492 e. The van der Waals surface area contributed by atoms with Gasteiger partial charge in [-0.15, -0.1) is 0 Å². The van der Waals surface area contributed by atoms with Gasteiger partial charge in [-0.2, -0.15) is 0 Å². The first-order valence-electron chi connectivity index (χ1n) is 5.92. The SMILES string of the molecule is CNC1COc2cc(OCCN(C)C)ccc21. The molecule has 1 heterocycles. The van der Waals surface area contributed by atoms with Gasteiger partial charge in [0.2, 0.25) is 0 Å². The number of benzene rings is 1. The molecule has 17 heavy (non-hydrogen) atoms. The molecule has 2 rings (SSSR count). The van der Waals surface area contributed by atoms with Gasteiger partial charge in [-0.1, -0.05) is 0 Å². The molecule has 1 aliphatic rings. The lowest BCUT2D eigenvalue weighted by Gasteiger charge is -2.12. The van der Waals surface area contributed by atoms with Crippen LogP contribution in [0.4, 0.5) is 0 Å². The van der Waals surface area contributed by atoms with Crippen LogP contribution in [0.5, 0.6) is 11.5 Å². The van der Waals surface area contributed by atoms with Crippen molar-refractivity contribution in [2.75, 3.05) is 40.9 Å². The molecular formula is C13H20N2O2. The van der Waals surface area contributed by atoms with Gasteiger partial charge in [0.15, 0.2) is 0 Å². The van der Waals surface area contributed by atoms with Crippen molar-refractivity contribution >= 4 is 0 Å². The highest BCUT2D eigenvalue weighted by Crippen LogP contribution is 2.34. The highest BCUT2D eigenvalue weighted by molar-refractivity contribution is 5.44. The number of nitrogens with zero attached hydrogens (tertiary/aromatic N) is 1. The Kier molecular flexibility index (Phi) is 3.86. The molecule has 1 aromatic carbocycles.